The number of furan rings is 2. The van der Waals surface area contributed by atoms with Gasteiger partial charge in [-0.15, -0.1) is 11.3 Å². The Morgan fingerprint density at radius 3 is 1.77 bits per heavy atom. The van der Waals surface area contributed by atoms with E-state index >= 15 is 0 Å². The van der Waals surface area contributed by atoms with Crippen molar-refractivity contribution < 1.29 is 8.83 Å². The Balaban J connectivity index is 1.13. The lowest BCUT2D eigenvalue weighted by molar-refractivity contribution is 0.669. The summed E-state index contributed by atoms with van der Waals surface area (Å²) in [5, 5.41) is 6.90. The van der Waals surface area contributed by atoms with Crippen LogP contribution in [0.4, 0.5) is 17.1 Å². The number of benzene rings is 8. The molecule has 0 unspecified atom stereocenters. The van der Waals surface area contributed by atoms with Crippen LogP contribution >= 0.6 is 11.3 Å². The summed E-state index contributed by atoms with van der Waals surface area (Å²) in [4.78, 5) is 2.39. The Morgan fingerprint density at radius 1 is 0.365 bits per heavy atom. The molecule has 3 nitrogen and oxygen atoms in total. The number of hydrogen-bond acceptors (Lipinski definition) is 4. The fraction of sp³-hybridized carbons (Fsp3) is 0. The van der Waals surface area contributed by atoms with Gasteiger partial charge < -0.3 is 13.7 Å². The maximum absolute atomic E-state index is 6.65. The Morgan fingerprint density at radius 2 is 0.981 bits per heavy atom. The van der Waals surface area contributed by atoms with Crippen LogP contribution in [-0.4, -0.2) is 0 Å². The first-order valence-electron chi connectivity index (χ1n) is 17.5. The summed E-state index contributed by atoms with van der Waals surface area (Å²) >= 11 is 1.82. The predicted octanol–water partition coefficient (Wildman–Crippen LogP) is 14.7. The van der Waals surface area contributed by atoms with Gasteiger partial charge in [0.1, 0.15) is 22.3 Å². The number of hydrogen-bond donors (Lipinski definition) is 0. The van der Waals surface area contributed by atoms with Crippen molar-refractivity contribution in [3.05, 3.63) is 176 Å². The number of nitrogens with zero attached hydrogens (tertiary/aromatic N) is 1. The molecule has 0 fully saturated rings. The molecule has 0 bridgehead atoms. The van der Waals surface area contributed by atoms with Gasteiger partial charge in [-0.1, -0.05) is 109 Å². The molecule has 0 amide bonds. The summed E-state index contributed by atoms with van der Waals surface area (Å²) in [6, 6.07) is 62.5. The normalized spacial score (nSPS) is 11.8. The lowest BCUT2D eigenvalue weighted by atomic mass is 9.98. The van der Waals surface area contributed by atoms with E-state index in [1.54, 1.807) is 0 Å². The summed E-state index contributed by atoms with van der Waals surface area (Å²) in [6.45, 7) is 0. The molecule has 0 radical (unpaired) electrons. The van der Waals surface area contributed by atoms with Gasteiger partial charge in [0.05, 0.1) is 5.69 Å². The molecule has 0 aliphatic heterocycles. The third kappa shape index (κ3) is 4.45. The van der Waals surface area contributed by atoms with Gasteiger partial charge in [0, 0.05) is 53.1 Å². The first-order valence-corrected chi connectivity index (χ1v) is 18.3. The number of thiophene rings is 1. The van der Waals surface area contributed by atoms with E-state index in [1.165, 1.54) is 25.9 Å². The van der Waals surface area contributed by atoms with Crippen LogP contribution in [0.3, 0.4) is 0 Å². The molecule has 0 aliphatic carbocycles. The summed E-state index contributed by atoms with van der Waals surface area (Å²) in [7, 11) is 0. The predicted molar refractivity (Wildman–Crippen MR) is 219 cm³/mol. The minimum absolute atomic E-state index is 0.899. The molecular formula is C48H29NO2S. The van der Waals surface area contributed by atoms with Gasteiger partial charge in [-0.05, 0) is 89.0 Å². The van der Waals surface area contributed by atoms with Gasteiger partial charge in [-0.2, -0.15) is 0 Å². The zero-order valence-electron chi connectivity index (χ0n) is 27.9. The van der Waals surface area contributed by atoms with Crippen molar-refractivity contribution in [2.75, 3.05) is 4.90 Å². The van der Waals surface area contributed by atoms with E-state index in [9.17, 15) is 0 Å². The average Bonchev–Trinajstić information content (AvgIpc) is 3.90. The zero-order chi connectivity index (χ0) is 34.2. The maximum atomic E-state index is 6.65. The monoisotopic (exact) mass is 683 g/mol. The SMILES string of the molecule is c1ccc(-c2ccc(N(c3ccc(-c4cccc5oc6ccccc6c45)cc3)c3cccc4sc5ccc6c7ccccc7oc6c5c34)cc2)cc1. The smallest absolute Gasteiger partial charge is 0.144 e. The highest BCUT2D eigenvalue weighted by atomic mass is 32.1. The van der Waals surface area contributed by atoms with Crippen molar-refractivity contribution >= 4 is 92.4 Å². The zero-order valence-corrected chi connectivity index (χ0v) is 28.7. The van der Waals surface area contributed by atoms with E-state index in [1.807, 2.05) is 29.5 Å². The fourth-order valence-electron chi connectivity index (χ4n) is 7.92. The molecule has 244 valence electrons. The number of para-hydroxylation sites is 2. The van der Waals surface area contributed by atoms with Crippen molar-refractivity contribution in [3.8, 4) is 22.3 Å². The van der Waals surface area contributed by atoms with E-state index in [-0.39, 0.29) is 0 Å². The van der Waals surface area contributed by atoms with Gasteiger partial charge in [0.25, 0.3) is 0 Å². The Kier molecular flexibility index (Phi) is 6.42. The van der Waals surface area contributed by atoms with Crippen LogP contribution in [0.15, 0.2) is 185 Å². The molecule has 0 spiro atoms. The average molecular weight is 684 g/mol. The molecule has 0 saturated heterocycles. The fourth-order valence-corrected chi connectivity index (χ4v) is 9.04. The van der Waals surface area contributed by atoms with Gasteiger partial charge in [0.15, 0.2) is 0 Å². The van der Waals surface area contributed by atoms with Crippen molar-refractivity contribution in [1.82, 2.24) is 0 Å². The van der Waals surface area contributed by atoms with E-state index in [0.717, 1.165) is 77.5 Å². The minimum Gasteiger partial charge on any atom is -0.456 e. The molecule has 11 aromatic rings. The third-order valence-electron chi connectivity index (χ3n) is 10.3. The topological polar surface area (TPSA) is 29.5 Å². The van der Waals surface area contributed by atoms with Crippen LogP contribution in [0.25, 0.3) is 86.3 Å². The van der Waals surface area contributed by atoms with E-state index in [4.69, 9.17) is 8.83 Å². The summed E-state index contributed by atoms with van der Waals surface area (Å²) in [5.74, 6) is 0. The molecule has 3 aromatic heterocycles. The Bertz CT molecular complexity index is 3110. The number of rotatable bonds is 5. The highest BCUT2D eigenvalue weighted by Crippen LogP contribution is 2.48. The van der Waals surface area contributed by atoms with Crippen molar-refractivity contribution in [2.45, 2.75) is 0 Å². The Labute approximate surface area is 303 Å². The second kappa shape index (κ2) is 11.5. The molecule has 0 N–H and O–H groups in total. The first-order chi connectivity index (χ1) is 25.8. The number of fused-ring (bicyclic) bond motifs is 10. The van der Waals surface area contributed by atoms with Crippen molar-refractivity contribution in [1.29, 1.82) is 0 Å². The molecule has 52 heavy (non-hydrogen) atoms. The molecule has 0 atom stereocenters. The second-order valence-corrected chi connectivity index (χ2v) is 14.3. The van der Waals surface area contributed by atoms with Gasteiger partial charge >= 0.3 is 0 Å². The van der Waals surface area contributed by atoms with Gasteiger partial charge in [-0.25, -0.2) is 0 Å². The van der Waals surface area contributed by atoms with Crippen molar-refractivity contribution in [3.63, 3.8) is 0 Å². The van der Waals surface area contributed by atoms with Crippen LogP contribution < -0.4 is 4.90 Å². The molecule has 11 rings (SSSR count). The molecule has 4 heteroatoms. The van der Waals surface area contributed by atoms with Gasteiger partial charge in [0.2, 0.25) is 0 Å². The standard InChI is InChI=1S/C48H29NO2S/c1-2-10-30(11-3-1)31-20-24-33(25-21-31)49(34-26-22-32(23-27-34)35-14-8-18-42-45(35)38-13-5-7-17-41(38)50-42)39-15-9-19-43-46(39)47-44(52-43)29-28-37-36-12-4-6-16-40(36)51-48(37)47/h1-29H. The quantitative estimate of drug-likeness (QED) is 0.181. The van der Waals surface area contributed by atoms with Crippen molar-refractivity contribution in [2.24, 2.45) is 0 Å². The molecule has 8 aromatic carbocycles. The molecular weight excluding hydrogens is 655 g/mol. The van der Waals surface area contributed by atoms with Crippen LogP contribution in [0, 0.1) is 0 Å². The maximum Gasteiger partial charge on any atom is 0.144 e. The van der Waals surface area contributed by atoms with E-state index < -0.39 is 0 Å². The lowest BCUT2D eigenvalue weighted by Crippen LogP contribution is -2.10. The first kappa shape index (κ1) is 29.1. The van der Waals surface area contributed by atoms with Crippen LogP contribution in [-0.2, 0) is 0 Å². The van der Waals surface area contributed by atoms with Crippen LogP contribution in [0.1, 0.15) is 0 Å². The molecule has 3 heterocycles. The van der Waals surface area contributed by atoms with E-state index in [2.05, 4.69) is 163 Å². The Hall–Kier alpha value is -6.62. The highest BCUT2D eigenvalue weighted by Gasteiger charge is 2.22. The highest BCUT2D eigenvalue weighted by molar-refractivity contribution is 7.26. The summed E-state index contributed by atoms with van der Waals surface area (Å²) < 4.78 is 15.3. The van der Waals surface area contributed by atoms with E-state index in [0.29, 0.717) is 0 Å². The third-order valence-corrected chi connectivity index (χ3v) is 11.4. The number of anilines is 3. The molecule has 0 aliphatic rings. The lowest BCUT2D eigenvalue weighted by Gasteiger charge is -2.27. The van der Waals surface area contributed by atoms with Crippen LogP contribution in [0.5, 0.6) is 0 Å². The largest absolute Gasteiger partial charge is 0.456 e. The summed E-state index contributed by atoms with van der Waals surface area (Å²) in [6.07, 6.45) is 0. The summed E-state index contributed by atoms with van der Waals surface area (Å²) in [5.41, 5.74) is 11.6. The minimum atomic E-state index is 0.899. The second-order valence-electron chi connectivity index (χ2n) is 13.2. The molecule has 0 saturated carbocycles. The van der Waals surface area contributed by atoms with Gasteiger partial charge in [-0.3, -0.25) is 0 Å². The van der Waals surface area contributed by atoms with Crippen LogP contribution in [0.2, 0.25) is 0 Å².